The zero-order valence-electron chi connectivity index (χ0n) is 11.7. The van der Waals surface area contributed by atoms with Crippen LogP contribution < -0.4 is 0 Å². The van der Waals surface area contributed by atoms with Gasteiger partial charge in [-0.3, -0.25) is 4.79 Å². The Kier molecular flexibility index (Phi) is 4.53. The third-order valence-corrected chi connectivity index (χ3v) is 3.84. The van der Waals surface area contributed by atoms with E-state index in [1.54, 1.807) is 18.2 Å². The number of hydrogen-bond donors (Lipinski definition) is 0. The van der Waals surface area contributed by atoms with Crippen molar-refractivity contribution in [1.82, 2.24) is 4.98 Å². The fourth-order valence-corrected chi connectivity index (χ4v) is 2.67. The molecule has 0 spiro atoms. The smallest absolute Gasteiger partial charge is 0.229 e. The average Bonchev–Trinajstić information content (AvgIpc) is 3.07. The predicted octanol–water partition coefficient (Wildman–Crippen LogP) is 3.73. The second kappa shape index (κ2) is 6.75. The van der Waals surface area contributed by atoms with Crippen LogP contribution in [-0.4, -0.2) is 17.6 Å². The van der Waals surface area contributed by atoms with E-state index < -0.39 is 5.92 Å². The highest BCUT2D eigenvalue weighted by Gasteiger charge is 2.29. The number of benzene rings is 1. The summed E-state index contributed by atoms with van der Waals surface area (Å²) in [4.78, 5) is 17.1. The Morgan fingerprint density at radius 1 is 1.18 bits per heavy atom. The summed E-state index contributed by atoms with van der Waals surface area (Å²) in [5.74, 6) is 0.0317. The first-order valence-corrected chi connectivity index (χ1v) is 7.68. The Labute approximate surface area is 136 Å². The maximum Gasteiger partial charge on any atom is 0.229 e. The van der Waals surface area contributed by atoms with Crippen LogP contribution in [-0.2, 0) is 15.9 Å². The Hall–Kier alpha value is -2.14. The van der Waals surface area contributed by atoms with Gasteiger partial charge in [0.05, 0.1) is 5.92 Å². The molecule has 0 saturated carbocycles. The van der Waals surface area contributed by atoms with E-state index in [0.717, 1.165) is 5.56 Å². The van der Waals surface area contributed by atoms with Crippen molar-refractivity contribution in [3.63, 3.8) is 0 Å². The minimum absolute atomic E-state index is 0.0816. The molecule has 2 aromatic rings. The van der Waals surface area contributed by atoms with Gasteiger partial charge in [-0.05, 0) is 40.0 Å². The molecule has 1 unspecified atom stereocenters. The second-order valence-electron chi connectivity index (χ2n) is 4.90. The van der Waals surface area contributed by atoms with Crippen molar-refractivity contribution < 1.29 is 14.3 Å². The van der Waals surface area contributed by atoms with Gasteiger partial charge in [0.1, 0.15) is 22.3 Å². The molecular weight excluding hydrogens is 346 g/mol. The van der Waals surface area contributed by atoms with Crippen LogP contribution in [0.3, 0.4) is 0 Å². The Bertz CT molecular complexity index is 700. The van der Waals surface area contributed by atoms with Gasteiger partial charge in [-0.2, -0.15) is 0 Å². The van der Waals surface area contributed by atoms with Crippen molar-refractivity contribution >= 4 is 21.7 Å². The number of aromatic nitrogens is 1. The molecule has 112 valence electrons. The van der Waals surface area contributed by atoms with Gasteiger partial charge in [0.2, 0.25) is 6.79 Å². The maximum absolute atomic E-state index is 12.8. The van der Waals surface area contributed by atoms with E-state index in [9.17, 15) is 4.79 Å². The molecule has 5 heteroatoms. The average molecular weight is 360 g/mol. The Morgan fingerprint density at radius 3 is 2.68 bits per heavy atom. The van der Waals surface area contributed by atoms with Gasteiger partial charge in [0.25, 0.3) is 0 Å². The molecule has 0 fully saturated rings. The maximum atomic E-state index is 12.8. The molecule has 0 saturated heterocycles. The van der Waals surface area contributed by atoms with Gasteiger partial charge in [-0.15, -0.1) is 0 Å². The lowest BCUT2D eigenvalue weighted by atomic mass is 9.92. The number of carbonyl (C=O) groups excluding carboxylic acids is 1. The summed E-state index contributed by atoms with van der Waals surface area (Å²) in [6.07, 6.45) is 2.06. The number of carbonyl (C=O) groups is 1. The fourth-order valence-electron chi connectivity index (χ4n) is 2.33. The molecule has 3 rings (SSSR count). The lowest BCUT2D eigenvalue weighted by Crippen LogP contribution is -2.21. The summed E-state index contributed by atoms with van der Waals surface area (Å²) in [5.41, 5.74) is 1.47. The standard InChI is InChI=1S/C17H14BrNO3/c18-16-8-4-7-14(19-16)17(20)13(15-10-21-11-22-15)9-12-5-2-1-3-6-12/h1-8,10,13H,9,11H2. The molecule has 0 bridgehead atoms. The zero-order chi connectivity index (χ0) is 15.4. The molecule has 4 nitrogen and oxygen atoms in total. The SMILES string of the molecule is O=C(c1cccc(Br)n1)C(Cc1ccccc1)C1=COCO1. The van der Waals surface area contributed by atoms with Gasteiger partial charge in [-0.25, -0.2) is 4.98 Å². The molecule has 0 N–H and O–H groups in total. The van der Waals surface area contributed by atoms with Crippen molar-refractivity contribution in [2.75, 3.05) is 6.79 Å². The summed E-state index contributed by atoms with van der Waals surface area (Å²) in [7, 11) is 0. The topological polar surface area (TPSA) is 48.4 Å². The number of allylic oxidation sites excluding steroid dienone is 1. The summed E-state index contributed by atoms with van der Waals surface area (Å²) >= 11 is 3.30. The molecule has 1 atom stereocenters. The highest BCUT2D eigenvalue weighted by Crippen LogP contribution is 2.25. The number of Topliss-reactive ketones (excluding diaryl/α,β-unsaturated/α-hetero) is 1. The fraction of sp³-hybridized carbons (Fsp3) is 0.176. The van der Waals surface area contributed by atoms with Crippen molar-refractivity contribution in [2.24, 2.45) is 5.92 Å². The van der Waals surface area contributed by atoms with E-state index in [1.807, 2.05) is 30.3 Å². The zero-order valence-corrected chi connectivity index (χ0v) is 13.3. The van der Waals surface area contributed by atoms with Gasteiger partial charge in [-0.1, -0.05) is 36.4 Å². The number of halogens is 1. The van der Waals surface area contributed by atoms with E-state index in [2.05, 4.69) is 20.9 Å². The van der Waals surface area contributed by atoms with Gasteiger partial charge < -0.3 is 9.47 Å². The number of ether oxygens (including phenoxy) is 2. The van der Waals surface area contributed by atoms with Crippen molar-refractivity contribution in [1.29, 1.82) is 0 Å². The van der Waals surface area contributed by atoms with Crippen LogP contribution in [0, 0.1) is 5.92 Å². The van der Waals surface area contributed by atoms with E-state index in [0.29, 0.717) is 22.5 Å². The van der Waals surface area contributed by atoms with Crippen molar-refractivity contribution in [3.8, 4) is 0 Å². The third-order valence-electron chi connectivity index (χ3n) is 3.40. The number of hydrogen-bond acceptors (Lipinski definition) is 4. The van der Waals surface area contributed by atoms with Gasteiger partial charge in [0, 0.05) is 0 Å². The van der Waals surface area contributed by atoms with Crippen LogP contribution in [0.2, 0.25) is 0 Å². The number of nitrogens with zero attached hydrogens (tertiary/aromatic N) is 1. The summed E-state index contributed by atoms with van der Waals surface area (Å²) in [6.45, 7) is 0.153. The lowest BCUT2D eigenvalue weighted by Gasteiger charge is -2.15. The van der Waals surface area contributed by atoms with Gasteiger partial charge >= 0.3 is 0 Å². The Balaban J connectivity index is 1.89. The molecule has 22 heavy (non-hydrogen) atoms. The van der Waals surface area contributed by atoms with Crippen LogP contribution in [0.25, 0.3) is 0 Å². The number of rotatable bonds is 5. The molecule has 0 radical (unpaired) electrons. The van der Waals surface area contributed by atoms with Crippen LogP contribution in [0.4, 0.5) is 0 Å². The quantitative estimate of drug-likeness (QED) is 0.602. The minimum atomic E-state index is -0.438. The largest absolute Gasteiger partial charge is 0.462 e. The van der Waals surface area contributed by atoms with Crippen molar-refractivity contribution in [2.45, 2.75) is 6.42 Å². The third kappa shape index (κ3) is 3.36. The summed E-state index contributed by atoms with van der Waals surface area (Å²) < 4.78 is 11.2. The van der Waals surface area contributed by atoms with E-state index >= 15 is 0 Å². The normalized spacial score (nSPS) is 14.7. The van der Waals surface area contributed by atoms with Crippen LogP contribution in [0.5, 0.6) is 0 Å². The monoisotopic (exact) mass is 359 g/mol. The van der Waals surface area contributed by atoms with Crippen molar-refractivity contribution in [3.05, 3.63) is 76.4 Å². The molecule has 2 heterocycles. The molecular formula is C17H14BrNO3. The first-order valence-electron chi connectivity index (χ1n) is 6.89. The number of pyridine rings is 1. The first kappa shape index (κ1) is 14.8. The Morgan fingerprint density at radius 2 is 2.00 bits per heavy atom. The second-order valence-corrected chi connectivity index (χ2v) is 5.71. The van der Waals surface area contributed by atoms with E-state index in [-0.39, 0.29) is 12.6 Å². The molecule has 1 aliphatic heterocycles. The molecule has 1 aromatic heterocycles. The van der Waals surface area contributed by atoms with E-state index in [1.165, 1.54) is 6.26 Å². The highest BCUT2D eigenvalue weighted by molar-refractivity contribution is 9.10. The minimum Gasteiger partial charge on any atom is -0.462 e. The molecule has 0 amide bonds. The van der Waals surface area contributed by atoms with Gasteiger partial charge in [0.15, 0.2) is 5.78 Å². The number of ketones is 1. The summed E-state index contributed by atoms with van der Waals surface area (Å²) in [5, 5.41) is 0. The summed E-state index contributed by atoms with van der Waals surface area (Å²) in [6, 6.07) is 15.1. The molecule has 1 aromatic carbocycles. The highest BCUT2D eigenvalue weighted by atomic mass is 79.9. The molecule has 1 aliphatic rings. The predicted molar refractivity (Wildman–Crippen MR) is 85.0 cm³/mol. The molecule has 0 aliphatic carbocycles. The van der Waals surface area contributed by atoms with Crippen LogP contribution in [0.1, 0.15) is 16.1 Å². The first-order chi connectivity index (χ1) is 10.7. The van der Waals surface area contributed by atoms with Crippen LogP contribution >= 0.6 is 15.9 Å². The van der Waals surface area contributed by atoms with Crippen LogP contribution in [0.15, 0.2) is 65.2 Å². The van der Waals surface area contributed by atoms with E-state index in [4.69, 9.17) is 9.47 Å². The lowest BCUT2D eigenvalue weighted by molar-refractivity contribution is 0.0648.